The lowest BCUT2D eigenvalue weighted by atomic mass is 10.2. The van der Waals surface area contributed by atoms with Crippen molar-refractivity contribution in [2.24, 2.45) is 5.10 Å². The summed E-state index contributed by atoms with van der Waals surface area (Å²) in [6, 6.07) is 18.2. The second-order valence-corrected chi connectivity index (χ2v) is 9.50. The van der Waals surface area contributed by atoms with E-state index in [0.29, 0.717) is 21.0 Å². The quantitative estimate of drug-likeness (QED) is 0.154. The Balaban J connectivity index is 1.51. The molecule has 0 saturated heterocycles. The number of carbonyl (C=O) groups is 1. The zero-order valence-electron chi connectivity index (χ0n) is 20.7. The number of halogens is 1. The number of benzene rings is 3. The van der Waals surface area contributed by atoms with Crippen LogP contribution in [0, 0.1) is 0 Å². The smallest absolute Gasteiger partial charge is 0.250 e. The van der Waals surface area contributed by atoms with Crippen LogP contribution in [0.1, 0.15) is 5.56 Å². The van der Waals surface area contributed by atoms with E-state index < -0.39 is 0 Å². The summed E-state index contributed by atoms with van der Waals surface area (Å²) in [6.45, 7) is 0. The largest absolute Gasteiger partial charge is 0.503 e. The fourth-order valence-electron chi connectivity index (χ4n) is 3.42. The van der Waals surface area contributed by atoms with Crippen LogP contribution in [-0.2, 0) is 4.79 Å². The zero-order chi connectivity index (χ0) is 27.1. The molecule has 1 amide bonds. The molecule has 0 bridgehead atoms. The highest BCUT2D eigenvalue weighted by Crippen LogP contribution is 2.34. The fourth-order valence-corrected chi connectivity index (χ4v) is 4.62. The highest BCUT2D eigenvalue weighted by Gasteiger charge is 2.18. The Labute approximate surface area is 231 Å². The normalized spacial score (nSPS) is 10.9. The minimum absolute atomic E-state index is 0.0138. The molecule has 0 saturated carbocycles. The van der Waals surface area contributed by atoms with Crippen molar-refractivity contribution in [3.63, 3.8) is 0 Å². The third-order valence-corrected chi connectivity index (χ3v) is 6.85. The van der Waals surface area contributed by atoms with Gasteiger partial charge < -0.3 is 19.3 Å². The van der Waals surface area contributed by atoms with Crippen LogP contribution in [0.25, 0.3) is 17.1 Å². The lowest BCUT2D eigenvalue weighted by Gasteiger charge is -2.11. The van der Waals surface area contributed by atoms with E-state index in [-0.39, 0.29) is 23.2 Å². The Hall–Kier alpha value is -4.03. The van der Waals surface area contributed by atoms with Crippen LogP contribution >= 0.6 is 27.7 Å². The average Bonchev–Trinajstić information content (AvgIpc) is 3.37. The van der Waals surface area contributed by atoms with Crippen molar-refractivity contribution in [3.05, 3.63) is 70.7 Å². The molecule has 4 aromatic rings. The van der Waals surface area contributed by atoms with E-state index in [0.717, 1.165) is 22.7 Å². The van der Waals surface area contributed by atoms with E-state index in [1.165, 1.54) is 25.1 Å². The fraction of sp³-hybridized carbons (Fsp3) is 0.154. The second kappa shape index (κ2) is 12.5. The summed E-state index contributed by atoms with van der Waals surface area (Å²) in [6.07, 6.45) is 1.46. The molecule has 12 heteroatoms. The first kappa shape index (κ1) is 27.0. The molecule has 196 valence electrons. The Morgan fingerprint density at radius 2 is 1.68 bits per heavy atom. The number of methoxy groups -OCH3 is 3. The number of phenols is 1. The molecule has 0 spiro atoms. The van der Waals surface area contributed by atoms with Gasteiger partial charge in [0.1, 0.15) is 11.5 Å². The van der Waals surface area contributed by atoms with E-state index in [1.54, 1.807) is 26.4 Å². The summed E-state index contributed by atoms with van der Waals surface area (Å²) >= 11 is 4.49. The van der Waals surface area contributed by atoms with Crippen molar-refractivity contribution >= 4 is 39.8 Å². The van der Waals surface area contributed by atoms with Gasteiger partial charge in [-0.3, -0.25) is 9.36 Å². The van der Waals surface area contributed by atoms with Crippen LogP contribution in [0.5, 0.6) is 23.0 Å². The van der Waals surface area contributed by atoms with Gasteiger partial charge in [0.15, 0.2) is 22.5 Å². The topological polar surface area (TPSA) is 120 Å². The number of carbonyl (C=O) groups excluding carboxylic acids is 1. The summed E-state index contributed by atoms with van der Waals surface area (Å²) in [5.41, 5.74) is 4.78. The maximum absolute atomic E-state index is 12.5. The highest BCUT2D eigenvalue weighted by molar-refractivity contribution is 9.10. The first-order chi connectivity index (χ1) is 18.4. The van der Waals surface area contributed by atoms with E-state index in [2.05, 4.69) is 36.7 Å². The predicted octanol–water partition coefficient (Wildman–Crippen LogP) is 4.67. The van der Waals surface area contributed by atoms with Crippen molar-refractivity contribution in [1.82, 2.24) is 20.2 Å². The monoisotopic (exact) mass is 597 g/mol. The minimum Gasteiger partial charge on any atom is -0.503 e. The third kappa shape index (κ3) is 6.26. The number of hydrazone groups is 1. The summed E-state index contributed by atoms with van der Waals surface area (Å²) in [5.74, 6) is 2.06. The third-order valence-electron chi connectivity index (χ3n) is 5.32. The van der Waals surface area contributed by atoms with Crippen molar-refractivity contribution in [2.45, 2.75) is 5.16 Å². The second-order valence-electron chi connectivity index (χ2n) is 7.70. The molecule has 1 aromatic heterocycles. The Bertz CT molecular complexity index is 1440. The number of nitrogens with one attached hydrogen (secondary N) is 1. The Morgan fingerprint density at radius 1 is 1.03 bits per heavy atom. The van der Waals surface area contributed by atoms with E-state index in [1.807, 2.05) is 53.1 Å². The Morgan fingerprint density at radius 3 is 2.32 bits per heavy atom. The summed E-state index contributed by atoms with van der Waals surface area (Å²) in [5, 5.41) is 23.2. The number of aromatic nitrogens is 3. The van der Waals surface area contributed by atoms with Gasteiger partial charge in [-0.2, -0.15) is 5.10 Å². The maximum atomic E-state index is 12.5. The van der Waals surface area contributed by atoms with Crippen LogP contribution in [-0.4, -0.2) is 59.1 Å². The average molecular weight is 598 g/mol. The van der Waals surface area contributed by atoms with Crippen molar-refractivity contribution in [2.75, 3.05) is 27.1 Å². The number of phenolic OH excluding ortho intramolecular Hbond substituents is 1. The molecule has 0 atom stereocenters. The summed E-state index contributed by atoms with van der Waals surface area (Å²) < 4.78 is 18.0. The van der Waals surface area contributed by atoms with Gasteiger partial charge >= 0.3 is 0 Å². The molecule has 3 aromatic carbocycles. The van der Waals surface area contributed by atoms with Crippen molar-refractivity contribution in [3.8, 4) is 40.1 Å². The number of aromatic hydroxyl groups is 1. The molecule has 0 fully saturated rings. The molecule has 0 aliphatic rings. The molecular weight excluding hydrogens is 574 g/mol. The van der Waals surface area contributed by atoms with Crippen LogP contribution < -0.4 is 19.6 Å². The molecule has 0 radical (unpaired) electrons. The predicted molar refractivity (Wildman–Crippen MR) is 149 cm³/mol. The number of nitrogens with zero attached hydrogens (tertiary/aromatic N) is 4. The van der Waals surface area contributed by atoms with Gasteiger partial charge in [0, 0.05) is 11.3 Å². The van der Waals surface area contributed by atoms with Crippen LogP contribution in [0.15, 0.2) is 75.4 Å². The molecule has 0 aliphatic heterocycles. The number of thioether (sulfide) groups is 1. The van der Waals surface area contributed by atoms with Crippen molar-refractivity contribution in [1.29, 1.82) is 0 Å². The van der Waals surface area contributed by atoms with Gasteiger partial charge in [-0.25, -0.2) is 5.43 Å². The number of ether oxygens (including phenoxy) is 3. The lowest BCUT2D eigenvalue weighted by molar-refractivity contribution is -0.118. The highest BCUT2D eigenvalue weighted by atomic mass is 79.9. The van der Waals surface area contributed by atoms with Gasteiger partial charge in [-0.05, 0) is 82.2 Å². The van der Waals surface area contributed by atoms with E-state index in [9.17, 15) is 9.90 Å². The lowest BCUT2D eigenvalue weighted by Crippen LogP contribution is -2.20. The van der Waals surface area contributed by atoms with Crippen LogP contribution in [0.2, 0.25) is 0 Å². The van der Waals surface area contributed by atoms with E-state index >= 15 is 0 Å². The molecule has 0 unspecified atom stereocenters. The summed E-state index contributed by atoms with van der Waals surface area (Å²) in [4.78, 5) is 12.5. The molecule has 10 nitrogen and oxygen atoms in total. The molecule has 38 heavy (non-hydrogen) atoms. The Kier molecular flexibility index (Phi) is 8.87. The summed E-state index contributed by atoms with van der Waals surface area (Å²) in [7, 11) is 4.67. The molecular formula is C26H24BrN5O5S. The zero-order valence-corrected chi connectivity index (χ0v) is 23.1. The number of hydrogen-bond acceptors (Lipinski definition) is 9. The van der Waals surface area contributed by atoms with Gasteiger partial charge in [-0.1, -0.05) is 11.8 Å². The van der Waals surface area contributed by atoms with Crippen LogP contribution in [0.3, 0.4) is 0 Å². The van der Waals surface area contributed by atoms with Gasteiger partial charge in [0.05, 0.1) is 37.8 Å². The first-order valence-corrected chi connectivity index (χ1v) is 13.0. The maximum Gasteiger partial charge on any atom is 0.250 e. The number of hydrogen-bond donors (Lipinski definition) is 2. The SMILES string of the molecule is COc1ccc(-c2nnc(SCC(=O)NN=Cc3cc(Br)c(O)c(OC)c3)n2-c2ccc(OC)cc2)cc1. The molecule has 4 rings (SSSR count). The molecule has 0 aliphatic carbocycles. The molecule has 1 heterocycles. The van der Waals surface area contributed by atoms with Crippen LogP contribution in [0.4, 0.5) is 0 Å². The first-order valence-electron chi connectivity index (χ1n) is 11.2. The molecule has 2 N–H and O–H groups in total. The van der Waals surface area contributed by atoms with Gasteiger partial charge in [-0.15, -0.1) is 10.2 Å². The number of amides is 1. The van der Waals surface area contributed by atoms with Crippen molar-refractivity contribution < 1.29 is 24.1 Å². The van der Waals surface area contributed by atoms with Gasteiger partial charge in [0.25, 0.3) is 5.91 Å². The van der Waals surface area contributed by atoms with Gasteiger partial charge in [0.2, 0.25) is 0 Å². The standard InChI is InChI=1S/C26H24BrN5O5S/c1-35-19-8-4-17(5-9-19)25-30-31-26(32(25)18-6-10-20(36-2)11-7-18)38-15-23(33)29-28-14-16-12-21(27)24(34)22(13-16)37-3/h4-14,34H,15H2,1-3H3,(H,29,33). The minimum atomic E-state index is -0.327. The van der Waals surface area contributed by atoms with E-state index in [4.69, 9.17) is 14.2 Å². The number of rotatable bonds is 10.